The molecule has 0 atom stereocenters. The van der Waals surface area contributed by atoms with Crippen molar-refractivity contribution in [2.24, 2.45) is 0 Å². The average Bonchev–Trinajstić information content (AvgIpc) is 2.53. The molecule has 1 amide bonds. The molecule has 2 aromatic rings. The van der Waals surface area contributed by atoms with Crippen LogP contribution in [0, 0.1) is 0 Å². The molecule has 3 rings (SSSR count). The van der Waals surface area contributed by atoms with E-state index in [1.54, 1.807) is 4.90 Å². The number of aromatic nitrogens is 1. The van der Waals surface area contributed by atoms with Crippen molar-refractivity contribution in [3.63, 3.8) is 0 Å². The molecule has 4 nitrogen and oxygen atoms in total. The van der Waals surface area contributed by atoms with Gasteiger partial charge in [0.1, 0.15) is 5.60 Å². The molecule has 1 aromatic carbocycles. The molecule has 1 aliphatic heterocycles. The molecule has 2 heterocycles. The smallest absolute Gasteiger partial charge is 0.410 e. The van der Waals surface area contributed by atoms with Gasteiger partial charge in [0.15, 0.2) is 0 Å². The molecule has 0 unspecified atom stereocenters. The number of rotatable bonds is 1. The molecule has 23 heavy (non-hydrogen) atoms. The Kier molecular flexibility index (Phi) is 4.07. The van der Waals surface area contributed by atoms with Crippen molar-refractivity contribution in [1.82, 2.24) is 9.88 Å². The number of carbonyl (C=O) groups excluding carboxylic acids is 1. The number of amides is 1. The first-order chi connectivity index (χ1) is 10.9. The van der Waals surface area contributed by atoms with Gasteiger partial charge in [0.2, 0.25) is 0 Å². The molecule has 0 spiro atoms. The van der Waals surface area contributed by atoms with Crippen LogP contribution in [-0.4, -0.2) is 34.7 Å². The summed E-state index contributed by atoms with van der Waals surface area (Å²) in [7, 11) is 0. The molecule has 1 aromatic heterocycles. The standard InChI is InChI=1S/C19H22N2O2/c1-19(2,3)23-18(22)21-10-8-14(9-11-21)17-13-20-12-15-6-4-5-7-16(15)17/h4-8,12-13H,9-11H2,1-3H3. The zero-order valence-electron chi connectivity index (χ0n) is 13.9. The van der Waals surface area contributed by atoms with Crippen LogP contribution < -0.4 is 0 Å². The largest absolute Gasteiger partial charge is 0.444 e. The van der Waals surface area contributed by atoms with Gasteiger partial charge in [0.05, 0.1) is 0 Å². The Bertz CT molecular complexity index is 754. The van der Waals surface area contributed by atoms with Crippen molar-refractivity contribution >= 4 is 22.4 Å². The van der Waals surface area contributed by atoms with Crippen molar-refractivity contribution in [2.75, 3.05) is 13.1 Å². The first kappa shape index (κ1) is 15.5. The molecule has 0 fully saturated rings. The van der Waals surface area contributed by atoms with Crippen LogP contribution in [0.1, 0.15) is 32.8 Å². The van der Waals surface area contributed by atoms with E-state index in [4.69, 9.17) is 4.74 Å². The van der Waals surface area contributed by atoms with E-state index in [1.807, 2.05) is 45.3 Å². The van der Waals surface area contributed by atoms with Gasteiger partial charge in [-0.15, -0.1) is 0 Å². The predicted molar refractivity (Wildman–Crippen MR) is 92.1 cm³/mol. The fraction of sp³-hybridized carbons (Fsp3) is 0.368. The second-order valence-electron chi connectivity index (χ2n) is 6.81. The number of hydrogen-bond acceptors (Lipinski definition) is 3. The van der Waals surface area contributed by atoms with Gasteiger partial charge < -0.3 is 9.64 Å². The third-order valence-corrected chi connectivity index (χ3v) is 3.87. The first-order valence-corrected chi connectivity index (χ1v) is 7.94. The SMILES string of the molecule is CC(C)(C)OC(=O)N1CC=C(c2cncc3ccccc23)CC1. The van der Waals surface area contributed by atoms with Crippen molar-refractivity contribution in [2.45, 2.75) is 32.8 Å². The van der Waals surface area contributed by atoms with Gasteiger partial charge in [-0.1, -0.05) is 30.3 Å². The predicted octanol–water partition coefficient (Wildman–Crippen LogP) is 4.26. The lowest BCUT2D eigenvalue weighted by molar-refractivity contribution is 0.0270. The number of fused-ring (bicyclic) bond motifs is 1. The van der Waals surface area contributed by atoms with E-state index >= 15 is 0 Å². The van der Waals surface area contributed by atoms with Crippen LogP contribution in [0.5, 0.6) is 0 Å². The van der Waals surface area contributed by atoms with Crippen molar-refractivity contribution in [1.29, 1.82) is 0 Å². The first-order valence-electron chi connectivity index (χ1n) is 7.94. The summed E-state index contributed by atoms with van der Waals surface area (Å²) in [5.74, 6) is 0. The molecule has 4 heteroatoms. The van der Waals surface area contributed by atoms with Crippen molar-refractivity contribution in [3.05, 3.63) is 48.3 Å². The minimum absolute atomic E-state index is 0.246. The van der Waals surface area contributed by atoms with Crippen LogP contribution >= 0.6 is 0 Å². The Balaban J connectivity index is 1.80. The maximum Gasteiger partial charge on any atom is 0.410 e. The number of ether oxygens (including phenoxy) is 1. The quantitative estimate of drug-likeness (QED) is 0.790. The van der Waals surface area contributed by atoms with Gasteiger partial charge in [0, 0.05) is 36.4 Å². The monoisotopic (exact) mass is 310 g/mol. The molecule has 0 saturated carbocycles. The van der Waals surface area contributed by atoms with Gasteiger partial charge in [0.25, 0.3) is 0 Å². The Labute approximate surface area is 136 Å². The van der Waals surface area contributed by atoms with Gasteiger partial charge >= 0.3 is 6.09 Å². The highest BCUT2D eigenvalue weighted by Gasteiger charge is 2.24. The van der Waals surface area contributed by atoms with E-state index in [-0.39, 0.29) is 6.09 Å². The molecular formula is C19H22N2O2. The van der Waals surface area contributed by atoms with Crippen LogP contribution in [0.15, 0.2) is 42.7 Å². The number of carbonyl (C=O) groups is 1. The number of pyridine rings is 1. The minimum Gasteiger partial charge on any atom is -0.444 e. The molecule has 0 saturated heterocycles. The topological polar surface area (TPSA) is 42.4 Å². The summed E-state index contributed by atoms with van der Waals surface area (Å²) >= 11 is 0. The van der Waals surface area contributed by atoms with Gasteiger partial charge in [-0.3, -0.25) is 4.98 Å². The van der Waals surface area contributed by atoms with E-state index < -0.39 is 5.60 Å². The zero-order chi connectivity index (χ0) is 16.4. The number of hydrogen-bond donors (Lipinski definition) is 0. The third kappa shape index (κ3) is 3.52. The van der Waals surface area contributed by atoms with Crippen molar-refractivity contribution in [3.8, 4) is 0 Å². The third-order valence-electron chi connectivity index (χ3n) is 3.87. The van der Waals surface area contributed by atoms with Gasteiger partial charge in [-0.25, -0.2) is 4.79 Å². The second-order valence-corrected chi connectivity index (χ2v) is 6.81. The van der Waals surface area contributed by atoms with Crippen molar-refractivity contribution < 1.29 is 9.53 Å². The van der Waals surface area contributed by atoms with Crippen LogP contribution in [0.4, 0.5) is 4.79 Å². The maximum absolute atomic E-state index is 12.1. The van der Waals surface area contributed by atoms with Gasteiger partial charge in [-0.2, -0.15) is 0 Å². The number of nitrogens with zero attached hydrogens (tertiary/aromatic N) is 2. The molecule has 1 aliphatic rings. The highest BCUT2D eigenvalue weighted by Crippen LogP contribution is 2.28. The zero-order valence-corrected chi connectivity index (χ0v) is 13.9. The van der Waals surface area contributed by atoms with Crippen LogP contribution in [-0.2, 0) is 4.74 Å². The molecular weight excluding hydrogens is 288 g/mol. The Morgan fingerprint density at radius 3 is 2.70 bits per heavy atom. The van der Waals surface area contributed by atoms with E-state index in [2.05, 4.69) is 23.2 Å². The summed E-state index contributed by atoms with van der Waals surface area (Å²) in [5, 5.41) is 2.35. The molecule has 120 valence electrons. The van der Waals surface area contributed by atoms with Crippen LogP contribution in [0.25, 0.3) is 16.3 Å². The Morgan fingerprint density at radius 2 is 2.00 bits per heavy atom. The lowest BCUT2D eigenvalue weighted by Crippen LogP contribution is -2.39. The maximum atomic E-state index is 12.1. The highest BCUT2D eigenvalue weighted by atomic mass is 16.6. The molecule has 0 radical (unpaired) electrons. The second kappa shape index (κ2) is 6.03. The van der Waals surface area contributed by atoms with Gasteiger partial charge in [-0.05, 0) is 38.2 Å². The molecule has 0 bridgehead atoms. The lowest BCUT2D eigenvalue weighted by Gasteiger charge is -2.29. The highest BCUT2D eigenvalue weighted by molar-refractivity contribution is 5.93. The fourth-order valence-corrected chi connectivity index (χ4v) is 2.78. The molecule has 0 aliphatic carbocycles. The van der Waals surface area contributed by atoms with E-state index in [1.165, 1.54) is 11.0 Å². The minimum atomic E-state index is -0.458. The van der Waals surface area contributed by atoms with Crippen LogP contribution in [0.3, 0.4) is 0 Å². The summed E-state index contributed by atoms with van der Waals surface area (Å²) in [6.45, 7) is 6.91. The number of benzene rings is 1. The summed E-state index contributed by atoms with van der Waals surface area (Å²) in [5.41, 5.74) is 1.95. The van der Waals surface area contributed by atoms with E-state index in [0.717, 1.165) is 17.4 Å². The molecule has 0 N–H and O–H groups in total. The normalized spacial score (nSPS) is 15.4. The summed E-state index contributed by atoms with van der Waals surface area (Å²) in [4.78, 5) is 18.2. The summed E-state index contributed by atoms with van der Waals surface area (Å²) in [6.07, 6.45) is 6.47. The Morgan fingerprint density at radius 1 is 1.22 bits per heavy atom. The fourth-order valence-electron chi connectivity index (χ4n) is 2.78. The van der Waals surface area contributed by atoms with E-state index in [9.17, 15) is 4.79 Å². The lowest BCUT2D eigenvalue weighted by atomic mass is 9.96. The van der Waals surface area contributed by atoms with E-state index in [0.29, 0.717) is 13.1 Å². The summed E-state index contributed by atoms with van der Waals surface area (Å²) in [6, 6.07) is 8.26. The summed E-state index contributed by atoms with van der Waals surface area (Å²) < 4.78 is 5.43. The average molecular weight is 310 g/mol. The van der Waals surface area contributed by atoms with Crippen LogP contribution in [0.2, 0.25) is 0 Å². The Hall–Kier alpha value is -2.36.